The monoisotopic (exact) mass is 271 g/mol. The fourth-order valence-corrected chi connectivity index (χ4v) is 2.64. The van der Waals surface area contributed by atoms with Crippen LogP contribution in [-0.4, -0.2) is 15.0 Å². The Morgan fingerprint density at radius 1 is 1.26 bits per heavy atom. The van der Waals surface area contributed by atoms with Crippen LogP contribution >= 0.6 is 11.8 Å². The molecule has 96 valence electrons. The van der Waals surface area contributed by atoms with E-state index in [2.05, 4.69) is 39.4 Å². The molecule has 3 rings (SSSR count). The summed E-state index contributed by atoms with van der Waals surface area (Å²) in [6, 6.07) is 9.96. The summed E-state index contributed by atoms with van der Waals surface area (Å²) in [5.74, 6) is 5.98. The average Bonchev–Trinajstić information content (AvgIpc) is 2.80. The number of anilines is 1. The third-order valence-electron chi connectivity index (χ3n) is 2.71. The van der Waals surface area contributed by atoms with Crippen LogP contribution in [0.15, 0.2) is 46.6 Å². The molecule has 0 atom stereocenters. The average molecular weight is 271 g/mol. The predicted molar refractivity (Wildman–Crippen MR) is 77.0 cm³/mol. The van der Waals surface area contributed by atoms with E-state index in [1.807, 2.05) is 18.2 Å². The maximum atomic E-state index is 5.34. The topological polar surface area (TPSA) is 79.6 Å². The van der Waals surface area contributed by atoms with E-state index in [-0.39, 0.29) is 0 Å². The van der Waals surface area contributed by atoms with Gasteiger partial charge in [-0.2, -0.15) is 0 Å². The number of hydrogen-bond donors (Lipinski definition) is 3. The second-order valence-corrected chi connectivity index (χ2v) is 5.25. The molecule has 0 amide bonds. The number of nitrogens with one attached hydrogen (secondary N) is 2. The van der Waals surface area contributed by atoms with Crippen molar-refractivity contribution in [2.45, 2.75) is 17.0 Å². The first-order valence-corrected chi connectivity index (χ1v) is 6.63. The van der Waals surface area contributed by atoms with Gasteiger partial charge in [-0.3, -0.25) is 0 Å². The van der Waals surface area contributed by atoms with Gasteiger partial charge in [-0.05, 0) is 36.8 Å². The lowest BCUT2D eigenvalue weighted by molar-refractivity contribution is 1.08. The SMILES string of the molecule is Cc1ccc2nc(Sc3ccnc(NN)c3)[nH]c2c1. The molecule has 0 unspecified atom stereocenters. The van der Waals surface area contributed by atoms with Crippen LogP contribution in [0, 0.1) is 6.92 Å². The molecule has 1 aromatic carbocycles. The van der Waals surface area contributed by atoms with Crippen molar-refractivity contribution in [3.05, 3.63) is 42.1 Å². The number of aromatic nitrogens is 3. The van der Waals surface area contributed by atoms with Crippen molar-refractivity contribution in [2.24, 2.45) is 5.84 Å². The molecular weight excluding hydrogens is 258 g/mol. The molecule has 0 saturated heterocycles. The van der Waals surface area contributed by atoms with Crippen LogP contribution in [0.4, 0.5) is 5.82 Å². The van der Waals surface area contributed by atoms with Gasteiger partial charge in [0.25, 0.3) is 0 Å². The van der Waals surface area contributed by atoms with Crippen LogP contribution in [0.3, 0.4) is 0 Å². The van der Waals surface area contributed by atoms with Gasteiger partial charge >= 0.3 is 0 Å². The van der Waals surface area contributed by atoms with Crippen LogP contribution in [0.2, 0.25) is 0 Å². The Kier molecular flexibility index (Phi) is 3.10. The molecule has 0 spiro atoms. The summed E-state index contributed by atoms with van der Waals surface area (Å²) in [6.45, 7) is 2.06. The molecule has 0 aliphatic rings. The van der Waals surface area contributed by atoms with Gasteiger partial charge < -0.3 is 10.4 Å². The van der Waals surface area contributed by atoms with Crippen LogP contribution in [0.25, 0.3) is 11.0 Å². The second kappa shape index (κ2) is 4.91. The third-order valence-corrected chi connectivity index (χ3v) is 3.59. The second-order valence-electron chi connectivity index (χ2n) is 4.19. The highest BCUT2D eigenvalue weighted by Gasteiger charge is 2.05. The molecule has 0 aliphatic carbocycles. The van der Waals surface area contributed by atoms with Crippen molar-refractivity contribution in [1.29, 1.82) is 0 Å². The van der Waals surface area contributed by atoms with Crippen molar-refractivity contribution >= 4 is 28.6 Å². The third kappa shape index (κ3) is 2.54. The molecule has 3 aromatic rings. The van der Waals surface area contributed by atoms with Crippen molar-refractivity contribution in [3.8, 4) is 0 Å². The molecule has 19 heavy (non-hydrogen) atoms. The number of H-pyrrole nitrogens is 1. The Labute approximate surface area is 114 Å². The van der Waals surface area contributed by atoms with E-state index >= 15 is 0 Å². The number of aromatic amines is 1. The van der Waals surface area contributed by atoms with E-state index < -0.39 is 0 Å². The van der Waals surface area contributed by atoms with Crippen LogP contribution in [0.1, 0.15) is 5.56 Å². The Bertz CT molecular complexity index is 722. The fourth-order valence-electron chi connectivity index (χ4n) is 1.81. The first kappa shape index (κ1) is 12.0. The summed E-state index contributed by atoms with van der Waals surface area (Å²) in [4.78, 5) is 12.9. The number of nitrogen functional groups attached to an aromatic ring is 1. The molecule has 0 radical (unpaired) electrons. The molecule has 0 saturated carbocycles. The van der Waals surface area contributed by atoms with E-state index in [4.69, 9.17) is 5.84 Å². The van der Waals surface area contributed by atoms with Crippen LogP contribution < -0.4 is 11.3 Å². The summed E-state index contributed by atoms with van der Waals surface area (Å²) < 4.78 is 0. The number of pyridine rings is 1. The van der Waals surface area contributed by atoms with Crippen molar-refractivity contribution in [2.75, 3.05) is 5.43 Å². The number of nitrogens with zero attached hydrogens (tertiary/aromatic N) is 2. The lowest BCUT2D eigenvalue weighted by Gasteiger charge is -2.01. The Morgan fingerprint density at radius 2 is 2.16 bits per heavy atom. The highest BCUT2D eigenvalue weighted by atomic mass is 32.2. The minimum Gasteiger partial charge on any atom is -0.333 e. The van der Waals surface area contributed by atoms with Gasteiger partial charge in [0.05, 0.1) is 11.0 Å². The Balaban J connectivity index is 1.92. The number of hydrazine groups is 1. The summed E-state index contributed by atoms with van der Waals surface area (Å²) in [6.07, 6.45) is 1.71. The van der Waals surface area contributed by atoms with E-state index in [1.165, 1.54) is 5.56 Å². The quantitative estimate of drug-likeness (QED) is 0.504. The van der Waals surface area contributed by atoms with Gasteiger partial charge in [-0.25, -0.2) is 15.8 Å². The number of benzene rings is 1. The maximum Gasteiger partial charge on any atom is 0.171 e. The van der Waals surface area contributed by atoms with E-state index in [1.54, 1.807) is 18.0 Å². The number of aryl methyl sites for hydroxylation is 1. The molecule has 6 heteroatoms. The molecular formula is C13H13N5S. The number of nitrogens with two attached hydrogens (primary N) is 1. The minimum atomic E-state index is 0.636. The zero-order valence-electron chi connectivity index (χ0n) is 10.3. The van der Waals surface area contributed by atoms with Crippen LogP contribution in [-0.2, 0) is 0 Å². The normalized spacial score (nSPS) is 10.8. The maximum absolute atomic E-state index is 5.34. The largest absolute Gasteiger partial charge is 0.333 e. The predicted octanol–water partition coefficient (Wildman–Crippen LogP) is 2.70. The Hall–Kier alpha value is -2.05. The van der Waals surface area contributed by atoms with E-state index in [9.17, 15) is 0 Å². The fraction of sp³-hybridized carbons (Fsp3) is 0.0769. The molecule has 0 bridgehead atoms. The first-order valence-electron chi connectivity index (χ1n) is 5.81. The summed E-state index contributed by atoms with van der Waals surface area (Å²) in [5.41, 5.74) is 5.77. The zero-order valence-corrected chi connectivity index (χ0v) is 11.2. The molecule has 2 aromatic heterocycles. The molecule has 4 N–H and O–H groups in total. The standard InChI is InChI=1S/C13H13N5S/c1-8-2-3-10-11(6-8)17-13(16-10)19-9-4-5-15-12(7-9)18-14/h2-7H,14H2,1H3,(H,15,18)(H,16,17). The van der Waals surface area contributed by atoms with Gasteiger partial charge in [0.2, 0.25) is 0 Å². The summed E-state index contributed by atoms with van der Waals surface area (Å²) >= 11 is 1.55. The zero-order chi connectivity index (χ0) is 13.2. The minimum absolute atomic E-state index is 0.636. The number of fused-ring (bicyclic) bond motifs is 1. The number of imidazole rings is 1. The van der Waals surface area contributed by atoms with Crippen LogP contribution in [0.5, 0.6) is 0 Å². The molecule has 5 nitrogen and oxygen atoms in total. The van der Waals surface area contributed by atoms with Crippen molar-refractivity contribution in [3.63, 3.8) is 0 Å². The number of rotatable bonds is 3. The lowest BCUT2D eigenvalue weighted by Crippen LogP contribution is -2.07. The summed E-state index contributed by atoms with van der Waals surface area (Å²) in [5, 5.41) is 0.856. The van der Waals surface area contributed by atoms with Gasteiger partial charge in [0, 0.05) is 11.1 Å². The molecule has 2 heterocycles. The van der Waals surface area contributed by atoms with E-state index in [0.29, 0.717) is 5.82 Å². The molecule has 0 aliphatic heterocycles. The summed E-state index contributed by atoms with van der Waals surface area (Å²) in [7, 11) is 0. The van der Waals surface area contributed by atoms with Crippen molar-refractivity contribution < 1.29 is 0 Å². The smallest absolute Gasteiger partial charge is 0.171 e. The Morgan fingerprint density at radius 3 is 3.00 bits per heavy atom. The highest BCUT2D eigenvalue weighted by Crippen LogP contribution is 2.28. The lowest BCUT2D eigenvalue weighted by atomic mass is 10.2. The molecule has 0 fully saturated rings. The first-order chi connectivity index (χ1) is 9.24. The van der Waals surface area contributed by atoms with Crippen molar-refractivity contribution in [1.82, 2.24) is 15.0 Å². The number of hydrogen-bond acceptors (Lipinski definition) is 5. The van der Waals surface area contributed by atoms with Gasteiger partial charge in [-0.1, -0.05) is 17.8 Å². The highest BCUT2D eigenvalue weighted by molar-refractivity contribution is 7.99. The van der Waals surface area contributed by atoms with Gasteiger partial charge in [0.15, 0.2) is 5.16 Å². The van der Waals surface area contributed by atoms with Gasteiger partial charge in [0.1, 0.15) is 5.82 Å². The van der Waals surface area contributed by atoms with E-state index in [0.717, 1.165) is 21.1 Å². The van der Waals surface area contributed by atoms with Gasteiger partial charge in [-0.15, -0.1) is 0 Å².